The van der Waals surface area contributed by atoms with Gasteiger partial charge in [-0.3, -0.25) is 0 Å². The first-order chi connectivity index (χ1) is 5.35. The van der Waals surface area contributed by atoms with Crippen molar-refractivity contribution in [3.8, 4) is 0 Å². The zero-order valence-corrected chi connectivity index (χ0v) is 8.88. The van der Waals surface area contributed by atoms with E-state index in [4.69, 9.17) is 8.85 Å². The minimum Gasteiger partial charge on any atom is -0.397 e. The van der Waals surface area contributed by atoms with Crippen LogP contribution in [0.2, 0.25) is 6.04 Å². The lowest BCUT2D eigenvalue weighted by molar-refractivity contribution is 0.213. The van der Waals surface area contributed by atoms with Crippen molar-refractivity contribution in [1.29, 1.82) is 0 Å². The Hall–Kier alpha value is 0.0969. The Labute approximate surface area is 70.9 Å². The van der Waals surface area contributed by atoms with Crippen LogP contribution in [0.5, 0.6) is 0 Å². The van der Waals surface area contributed by atoms with E-state index in [1.807, 2.05) is 20.9 Å². The Kier molecular flexibility index (Phi) is 8.27. The van der Waals surface area contributed by atoms with Crippen LogP contribution in [0.4, 0.5) is 0 Å². The van der Waals surface area contributed by atoms with Gasteiger partial charge >= 0.3 is 9.28 Å². The monoisotopic (exact) mass is 177 g/mol. The fraction of sp³-hybridized carbons (Fsp3) is 1.00. The van der Waals surface area contributed by atoms with Crippen molar-refractivity contribution in [2.24, 2.45) is 0 Å². The Morgan fingerprint density at radius 3 is 2.09 bits per heavy atom. The van der Waals surface area contributed by atoms with Gasteiger partial charge in [-0.1, -0.05) is 0 Å². The van der Waals surface area contributed by atoms with E-state index in [9.17, 15) is 0 Å². The first kappa shape index (κ1) is 11.1. The summed E-state index contributed by atoms with van der Waals surface area (Å²) in [7, 11) is 0.634. The highest BCUT2D eigenvalue weighted by atomic mass is 28.3. The van der Waals surface area contributed by atoms with Gasteiger partial charge < -0.3 is 14.2 Å². The standard InChI is InChI=1S/C7H19NO2Si/c1-4-9-11(10-5-2)7-6-8-3/h8,11H,4-7H2,1-3H3. The van der Waals surface area contributed by atoms with Crippen molar-refractivity contribution in [2.45, 2.75) is 19.9 Å². The van der Waals surface area contributed by atoms with Gasteiger partial charge in [-0.25, -0.2) is 0 Å². The molecule has 0 aromatic carbocycles. The van der Waals surface area contributed by atoms with E-state index in [2.05, 4.69) is 5.32 Å². The van der Waals surface area contributed by atoms with Crippen LogP contribution in [0.1, 0.15) is 13.8 Å². The highest BCUT2D eigenvalue weighted by Crippen LogP contribution is 1.95. The molecule has 0 aliphatic rings. The molecule has 0 bridgehead atoms. The second kappa shape index (κ2) is 8.20. The number of hydrogen-bond acceptors (Lipinski definition) is 3. The largest absolute Gasteiger partial charge is 0.397 e. The van der Waals surface area contributed by atoms with Crippen LogP contribution >= 0.6 is 0 Å². The summed E-state index contributed by atoms with van der Waals surface area (Å²) in [4.78, 5) is 0. The third-order valence-corrected chi connectivity index (χ3v) is 3.51. The molecule has 4 heteroatoms. The zero-order chi connectivity index (χ0) is 8.53. The maximum absolute atomic E-state index is 5.46. The molecule has 0 heterocycles. The third-order valence-electron chi connectivity index (χ3n) is 1.34. The molecule has 0 unspecified atom stereocenters. The van der Waals surface area contributed by atoms with Crippen molar-refractivity contribution in [1.82, 2.24) is 5.32 Å². The fourth-order valence-electron chi connectivity index (χ4n) is 0.849. The van der Waals surface area contributed by atoms with E-state index >= 15 is 0 Å². The summed E-state index contributed by atoms with van der Waals surface area (Å²) >= 11 is 0. The summed E-state index contributed by atoms with van der Waals surface area (Å²) in [5.41, 5.74) is 0. The maximum atomic E-state index is 5.46. The number of rotatable bonds is 7. The summed E-state index contributed by atoms with van der Waals surface area (Å²) < 4.78 is 10.9. The fourth-order valence-corrected chi connectivity index (χ4v) is 2.55. The van der Waals surface area contributed by atoms with Gasteiger partial charge in [0, 0.05) is 19.3 Å². The highest BCUT2D eigenvalue weighted by molar-refractivity contribution is 6.44. The average molecular weight is 177 g/mol. The average Bonchev–Trinajstić information content (AvgIpc) is 2.01. The molecule has 3 nitrogen and oxygen atoms in total. The minimum atomic E-state index is -1.31. The number of nitrogens with one attached hydrogen (secondary N) is 1. The molecule has 0 radical (unpaired) electrons. The summed E-state index contributed by atoms with van der Waals surface area (Å²) in [6.45, 7) is 6.58. The van der Waals surface area contributed by atoms with Crippen LogP contribution in [0.3, 0.4) is 0 Å². The van der Waals surface area contributed by atoms with Crippen molar-refractivity contribution < 1.29 is 8.85 Å². The molecular formula is C7H19NO2Si. The van der Waals surface area contributed by atoms with Gasteiger partial charge in [0.2, 0.25) is 0 Å². The van der Waals surface area contributed by atoms with E-state index in [1.54, 1.807) is 0 Å². The lowest BCUT2D eigenvalue weighted by Gasteiger charge is -2.13. The first-order valence-corrected chi connectivity index (χ1v) is 5.98. The second-order valence-corrected chi connectivity index (χ2v) is 4.34. The van der Waals surface area contributed by atoms with Gasteiger partial charge in [0.25, 0.3) is 0 Å². The molecule has 0 spiro atoms. The van der Waals surface area contributed by atoms with Crippen molar-refractivity contribution in [3.63, 3.8) is 0 Å². The van der Waals surface area contributed by atoms with Gasteiger partial charge in [0.15, 0.2) is 0 Å². The normalized spacial score (nSPS) is 10.9. The lowest BCUT2D eigenvalue weighted by Crippen LogP contribution is -2.26. The van der Waals surface area contributed by atoms with Gasteiger partial charge in [-0.05, 0) is 27.4 Å². The summed E-state index contributed by atoms with van der Waals surface area (Å²) in [5.74, 6) is 0. The zero-order valence-electron chi connectivity index (χ0n) is 7.72. The van der Waals surface area contributed by atoms with E-state index < -0.39 is 9.28 Å². The van der Waals surface area contributed by atoms with Crippen LogP contribution in [-0.4, -0.2) is 36.1 Å². The molecule has 11 heavy (non-hydrogen) atoms. The molecule has 68 valence electrons. The number of hydrogen-bond donors (Lipinski definition) is 1. The second-order valence-electron chi connectivity index (χ2n) is 2.23. The van der Waals surface area contributed by atoms with Crippen LogP contribution in [0.15, 0.2) is 0 Å². The van der Waals surface area contributed by atoms with Gasteiger partial charge in [0.1, 0.15) is 0 Å². The lowest BCUT2D eigenvalue weighted by atomic mass is 10.8. The summed E-state index contributed by atoms with van der Waals surface area (Å²) in [5, 5.41) is 3.09. The van der Waals surface area contributed by atoms with E-state index in [-0.39, 0.29) is 0 Å². The van der Waals surface area contributed by atoms with Crippen LogP contribution in [0, 0.1) is 0 Å². The maximum Gasteiger partial charge on any atom is 0.322 e. The molecule has 0 aromatic rings. The molecule has 1 N–H and O–H groups in total. The predicted molar refractivity (Wildman–Crippen MR) is 49.1 cm³/mol. The molecule has 0 atom stereocenters. The molecule has 0 fully saturated rings. The Morgan fingerprint density at radius 2 is 1.73 bits per heavy atom. The Bertz CT molecular complexity index is 76.8. The van der Waals surface area contributed by atoms with Crippen LogP contribution in [-0.2, 0) is 8.85 Å². The Morgan fingerprint density at radius 1 is 1.18 bits per heavy atom. The van der Waals surface area contributed by atoms with Crippen molar-refractivity contribution in [2.75, 3.05) is 26.8 Å². The minimum absolute atomic E-state index is 0.778. The molecule has 0 aliphatic carbocycles. The van der Waals surface area contributed by atoms with E-state index in [1.165, 1.54) is 0 Å². The first-order valence-electron chi connectivity index (χ1n) is 4.22. The van der Waals surface area contributed by atoms with Gasteiger partial charge in [-0.15, -0.1) is 0 Å². The third kappa shape index (κ3) is 6.49. The molecule has 0 saturated heterocycles. The van der Waals surface area contributed by atoms with Gasteiger partial charge in [-0.2, -0.15) is 0 Å². The summed E-state index contributed by atoms with van der Waals surface area (Å²) in [6, 6.07) is 1.05. The van der Waals surface area contributed by atoms with Crippen LogP contribution in [0.25, 0.3) is 0 Å². The van der Waals surface area contributed by atoms with E-state index in [0.717, 1.165) is 25.8 Å². The predicted octanol–water partition coefficient (Wildman–Crippen LogP) is 0.499. The van der Waals surface area contributed by atoms with Crippen molar-refractivity contribution >= 4 is 9.28 Å². The van der Waals surface area contributed by atoms with Crippen LogP contribution < -0.4 is 5.32 Å². The van der Waals surface area contributed by atoms with Crippen molar-refractivity contribution in [3.05, 3.63) is 0 Å². The topological polar surface area (TPSA) is 30.5 Å². The molecular weight excluding hydrogens is 158 g/mol. The smallest absolute Gasteiger partial charge is 0.322 e. The Balaban J connectivity index is 3.34. The highest BCUT2D eigenvalue weighted by Gasteiger charge is 2.09. The van der Waals surface area contributed by atoms with E-state index in [0.29, 0.717) is 0 Å². The summed E-state index contributed by atoms with van der Waals surface area (Å²) in [6.07, 6.45) is 0. The molecule has 0 saturated carbocycles. The van der Waals surface area contributed by atoms with Gasteiger partial charge in [0.05, 0.1) is 0 Å². The molecule has 0 rings (SSSR count). The SMILES string of the molecule is CCO[SiH](CCNC)OCC. The quantitative estimate of drug-likeness (QED) is 0.574. The molecule has 0 aromatic heterocycles. The molecule has 0 aliphatic heterocycles. The molecule has 0 amide bonds.